The Morgan fingerprint density at radius 2 is 1.93 bits per heavy atom. The molecule has 0 aliphatic carbocycles. The van der Waals surface area contributed by atoms with E-state index >= 15 is 0 Å². The third-order valence-electron chi connectivity index (χ3n) is 4.49. The van der Waals surface area contributed by atoms with Gasteiger partial charge in [-0.25, -0.2) is 0 Å². The average Bonchev–Trinajstić information content (AvgIpc) is 3.28. The van der Waals surface area contributed by atoms with Crippen molar-refractivity contribution in [3.05, 3.63) is 53.5 Å². The largest absolute Gasteiger partial charge is 0.464 e. The topological polar surface area (TPSA) is 91.7 Å². The van der Waals surface area contributed by atoms with E-state index in [1.807, 2.05) is 26.0 Å². The van der Waals surface area contributed by atoms with E-state index in [4.69, 9.17) is 4.42 Å². The number of rotatable bonds is 6. The van der Waals surface area contributed by atoms with E-state index in [9.17, 15) is 14.4 Å². The SMILES string of the molecule is Cc1ccc(C(C)NC(=O)CNC(=O)c2ccc(N3CCCC3=O)cc2)o1. The van der Waals surface area contributed by atoms with Crippen LogP contribution in [0.1, 0.15) is 47.7 Å². The maximum atomic E-state index is 12.2. The zero-order valence-electron chi connectivity index (χ0n) is 15.5. The van der Waals surface area contributed by atoms with Gasteiger partial charge in [0, 0.05) is 24.2 Å². The van der Waals surface area contributed by atoms with Gasteiger partial charge in [0.2, 0.25) is 11.8 Å². The Bertz CT molecular complexity index is 841. The fraction of sp³-hybridized carbons (Fsp3) is 0.350. The Morgan fingerprint density at radius 3 is 2.52 bits per heavy atom. The quantitative estimate of drug-likeness (QED) is 0.817. The predicted molar refractivity (Wildman–Crippen MR) is 100 cm³/mol. The smallest absolute Gasteiger partial charge is 0.251 e. The number of nitrogens with one attached hydrogen (secondary N) is 2. The Morgan fingerprint density at radius 1 is 1.19 bits per heavy atom. The predicted octanol–water partition coefficient (Wildman–Crippen LogP) is 2.32. The molecule has 1 unspecified atom stereocenters. The minimum atomic E-state index is -0.342. The maximum Gasteiger partial charge on any atom is 0.251 e. The first-order valence-electron chi connectivity index (χ1n) is 8.98. The molecule has 1 fully saturated rings. The van der Waals surface area contributed by atoms with Crippen molar-refractivity contribution in [1.82, 2.24) is 10.6 Å². The molecule has 2 aromatic rings. The molecule has 0 spiro atoms. The van der Waals surface area contributed by atoms with Crippen molar-refractivity contribution in [3.63, 3.8) is 0 Å². The maximum absolute atomic E-state index is 12.2. The van der Waals surface area contributed by atoms with Crippen LogP contribution < -0.4 is 15.5 Å². The summed E-state index contributed by atoms with van der Waals surface area (Å²) in [6.45, 7) is 4.23. The summed E-state index contributed by atoms with van der Waals surface area (Å²) in [5, 5.41) is 5.37. The lowest BCUT2D eigenvalue weighted by molar-refractivity contribution is -0.121. The summed E-state index contributed by atoms with van der Waals surface area (Å²) in [5.74, 6) is 0.901. The molecule has 1 saturated heterocycles. The second-order valence-electron chi connectivity index (χ2n) is 6.62. The second kappa shape index (κ2) is 8.07. The van der Waals surface area contributed by atoms with Gasteiger partial charge in [-0.1, -0.05) is 0 Å². The molecule has 27 heavy (non-hydrogen) atoms. The van der Waals surface area contributed by atoms with Crippen LogP contribution in [-0.2, 0) is 9.59 Å². The molecule has 2 N–H and O–H groups in total. The van der Waals surface area contributed by atoms with Gasteiger partial charge in [-0.05, 0) is 56.7 Å². The zero-order chi connectivity index (χ0) is 19.4. The van der Waals surface area contributed by atoms with Crippen LogP contribution in [0.15, 0.2) is 40.8 Å². The van der Waals surface area contributed by atoms with Gasteiger partial charge in [-0.2, -0.15) is 0 Å². The fourth-order valence-electron chi connectivity index (χ4n) is 3.03. The third-order valence-corrected chi connectivity index (χ3v) is 4.49. The van der Waals surface area contributed by atoms with Crippen LogP contribution >= 0.6 is 0 Å². The van der Waals surface area contributed by atoms with Crippen molar-refractivity contribution in [1.29, 1.82) is 0 Å². The highest BCUT2D eigenvalue weighted by Gasteiger charge is 2.21. The van der Waals surface area contributed by atoms with Crippen LogP contribution in [0.3, 0.4) is 0 Å². The molecule has 0 radical (unpaired) electrons. The van der Waals surface area contributed by atoms with Gasteiger partial charge in [-0.15, -0.1) is 0 Å². The highest BCUT2D eigenvalue weighted by molar-refractivity contribution is 5.98. The first-order valence-corrected chi connectivity index (χ1v) is 8.98. The van der Waals surface area contributed by atoms with Crippen LogP contribution in [0.2, 0.25) is 0 Å². The first kappa shape index (κ1) is 18.7. The van der Waals surface area contributed by atoms with Crippen molar-refractivity contribution < 1.29 is 18.8 Å². The fourth-order valence-corrected chi connectivity index (χ4v) is 3.03. The second-order valence-corrected chi connectivity index (χ2v) is 6.62. The van der Waals surface area contributed by atoms with E-state index < -0.39 is 0 Å². The number of amides is 3. The van der Waals surface area contributed by atoms with Crippen LogP contribution in [0.5, 0.6) is 0 Å². The van der Waals surface area contributed by atoms with Gasteiger partial charge in [0.05, 0.1) is 12.6 Å². The van der Waals surface area contributed by atoms with Crippen molar-refractivity contribution in [2.75, 3.05) is 18.0 Å². The molecule has 3 amide bonds. The molecule has 1 aromatic heterocycles. The zero-order valence-corrected chi connectivity index (χ0v) is 15.5. The van der Waals surface area contributed by atoms with Crippen LogP contribution in [0.4, 0.5) is 5.69 Å². The summed E-state index contributed by atoms with van der Waals surface area (Å²) in [6.07, 6.45) is 1.42. The van der Waals surface area contributed by atoms with E-state index in [2.05, 4.69) is 10.6 Å². The summed E-state index contributed by atoms with van der Waals surface area (Å²) in [7, 11) is 0. The Balaban J connectivity index is 1.50. The molecule has 142 valence electrons. The lowest BCUT2D eigenvalue weighted by Gasteiger charge is -2.16. The molecule has 3 rings (SSSR count). The van der Waals surface area contributed by atoms with Crippen LogP contribution in [-0.4, -0.2) is 30.8 Å². The van der Waals surface area contributed by atoms with E-state index in [-0.39, 0.29) is 30.3 Å². The number of hydrogen-bond acceptors (Lipinski definition) is 4. The van der Waals surface area contributed by atoms with Gasteiger partial charge < -0.3 is 20.0 Å². The van der Waals surface area contributed by atoms with Gasteiger partial charge >= 0.3 is 0 Å². The van der Waals surface area contributed by atoms with Crippen LogP contribution in [0.25, 0.3) is 0 Å². The number of anilines is 1. The number of nitrogens with zero attached hydrogens (tertiary/aromatic N) is 1. The average molecular weight is 369 g/mol. The molecular formula is C20H23N3O4. The molecule has 2 heterocycles. The number of hydrogen-bond donors (Lipinski definition) is 2. The first-order chi connectivity index (χ1) is 12.9. The standard InChI is InChI=1S/C20H23N3O4/c1-13-5-10-17(27-13)14(2)22-18(24)12-21-20(26)15-6-8-16(9-7-15)23-11-3-4-19(23)25/h5-10,14H,3-4,11-12H2,1-2H3,(H,21,26)(H,22,24). The van der Waals surface area contributed by atoms with Crippen molar-refractivity contribution in [2.24, 2.45) is 0 Å². The molecule has 7 nitrogen and oxygen atoms in total. The van der Waals surface area contributed by atoms with Crippen molar-refractivity contribution in [2.45, 2.75) is 32.7 Å². The van der Waals surface area contributed by atoms with Gasteiger partial charge in [0.15, 0.2) is 0 Å². The molecule has 0 bridgehead atoms. The number of aryl methyl sites for hydroxylation is 1. The van der Waals surface area contributed by atoms with Crippen molar-refractivity contribution >= 4 is 23.4 Å². The summed E-state index contributed by atoms with van der Waals surface area (Å²) in [5.41, 5.74) is 1.22. The minimum Gasteiger partial charge on any atom is -0.464 e. The highest BCUT2D eigenvalue weighted by atomic mass is 16.3. The number of carbonyl (C=O) groups excluding carboxylic acids is 3. The Labute approximate surface area is 157 Å². The number of furan rings is 1. The van der Waals surface area contributed by atoms with E-state index in [0.29, 0.717) is 24.3 Å². The molecule has 1 aromatic carbocycles. The third kappa shape index (κ3) is 4.55. The monoisotopic (exact) mass is 369 g/mol. The normalized spacial score (nSPS) is 14.9. The number of benzene rings is 1. The van der Waals surface area contributed by atoms with E-state index in [0.717, 1.165) is 17.9 Å². The van der Waals surface area contributed by atoms with Gasteiger partial charge in [0.25, 0.3) is 5.91 Å². The molecular weight excluding hydrogens is 346 g/mol. The molecule has 1 atom stereocenters. The van der Waals surface area contributed by atoms with Gasteiger partial charge in [-0.3, -0.25) is 14.4 Å². The molecule has 1 aliphatic heterocycles. The Hall–Kier alpha value is -3.09. The van der Waals surface area contributed by atoms with Crippen molar-refractivity contribution in [3.8, 4) is 0 Å². The summed E-state index contributed by atoms with van der Waals surface area (Å²) >= 11 is 0. The molecule has 0 saturated carbocycles. The van der Waals surface area contributed by atoms with E-state index in [1.54, 1.807) is 29.2 Å². The molecule has 7 heteroatoms. The minimum absolute atomic E-state index is 0.102. The van der Waals surface area contributed by atoms with E-state index in [1.165, 1.54) is 0 Å². The summed E-state index contributed by atoms with van der Waals surface area (Å²) < 4.78 is 5.47. The summed E-state index contributed by atoms with van der Waals surface area (Å²) in [4.78, 5) is 37.7. The highest BCUT2D eigenvalue weighted by Crippen LogP contribution is 2.21. The number of carbonyl (C=O) groups is 3. The Kier molecular flexibility index (Phi) is 5.59. The van der Waals surface area contributed by atoms with Crippen LogP contribution in [0, 0.1) is 6.92 Å². The summed E-state index contributed by atoms with van der Waals surface area (Å²) in [6, 6.07) is 10.2. The lowest BCUT2D eigenvalue weighted by Crippen LogP contribution is -2.38. The van der Waals surface area contributed by atoms with Gasteiger partial charge in [0.1, 0.15) is 11.5 Å². The molecule has 1 aliphatic rings. The lowest BCUT2D eigenvalue weighted by atomic mass is 10.2.